The van der Waals surface area contributed by atoms with Gasteiger partial charge in [-0.15, -0.1) is 0 Å². The third kappa shape index (κ3) is 2.41. The van der Waals surface area contributed by atoms with Crippen molar-refractivity contribution in [1.29, 1.82) is 0 Å². The van der Waals surface area contributed by atoms with Crippen LogP contribution in [-0.2, 0) is 0 Å². The van der Waals surface area contributed by atoms with Crippen molar-refractivity contribution < 1.29 is 0 Å². The first-order valence-electron chi connectivity index (χ1n) is 6.77. The van der Waals surface area contributed by atoms with Gasteiger partial charge in [-0.05, 0) is 59.2 Å². The van der Waals surface area contributed by atoms with Crippen LogP contribution in [0.5, 0.6) is 0 Å². The molecule has 0 aromatic carbocycles. The summed E-state index contributed by atoms with van der Waals surface area (Å²) in [6.07, 6.45) is 3.97. The lowest BCUT2D eigenvalue weighted by atomic mass is 9.97. The molecule has 2 heterocycles. The maximum atomic E-state index is 5.80. The number of nitrogens with zero attached hydrogens (tertiary/aromatic N) is 2. The molecule has 0 aromatic rings. The Labute approximate surface area is 100.0 Å². The van der Waals surface area contributed by atoms with Gasteiger partial charge in [-0.25, -0.2) is 0 Å². The highest BCUT2D eigenvalue weighted by molar-refractivity contribution is 4.91. The Hall–Kier alpha value is -0.120. The molecule has 2 rings (SSSR count). The van der Waals surface area contributed by atoms with Crippen molar-refractivity contribution in [2.24, 2.45) is 11.7 Å². The Morgan fingerprint density at radius 1 is 1.19 bits per heavy atom. The Kier molecular flexibility index (Phi) is 3.88. The predicted molar refractivity (Wildman–Crippen MR) is 68.4 cm³/mol. The maximum Gasteiger partial charge on any atom is 0.0125 e. The van der Waals surface area contributed by atoms with Gasteiger partial charge < -0.3 is 10.6 Å². The van der Waals surface area contributed by atoms with Crippen LogP contribution >= 0.6 is 0 Å². The van der Waals surface area contributed by atoms with Crippen LogP contribution in [0, 0.1) is 5.92 Å². The fourth-order valence-electron chi connectivity index (χ4n) is 3.42. The zero-order valence-corrected chi connectivity index (χ0v) is 11.0. The molecule has 2 fully saturated rings. The van der Waals surface area contributed by atoms with Gasteiger partial charge in [0.25, 0.3) is 0 Å². The van der Waals surface area contributed by atoms with E-state index in [1.807, 2.05) is 0 Å². The van der Waals surface area contributed by atoms with Crippen molar-refractivity contribution in [3.05, 3.63) is 0 Å². The van der Waals surface area contributed by atoms with E-state index in [0.717, 1.165) is 30.6 Å². The Balaban J connectivity index is 1.93. The van der Waals surface area contributed by atoms with Crippen LogP contribution in [0.2, 0.25) is 0 Å². The molecule has 2 aliphatic rings. The zero-order valence-electron chi connectivity index (χ0n) is 11.0. The van der Waals surface area contributed by atoms with Crippen molar-refractivity contribution in [2.45, 2.75) is 51.2 Å². The largest absolute Gasteiger partial charge is 0.330 e. The molecule has 0 amide bonds. The molecule has 0 radical (unpaired) electrons. The molecule has 4 atom stereocenters. The van der Waals surface area contributed by atoms with Gasteiger partial charge in [0, 0.05) is 24.7 Å². The summed E-state index contributed by atoms with van der Waals surface area (Å²) < 4.78 is 0. The van der Waals surface area contributed by atoms with Crippen molar-refractivity contribution in [3.63, 3.8) is 0 Å². The lowest BCUT2D eigenvalue weighted by molar-refractivity contribution is 0.0825. The minimum absolute atomic E-state index is 0.739. The standard InChI is InChI=1S/C13H27N3/c1-10-7-13(4-5-15(10)3)16-9-12(8-14)6-11(16)2/h10-13H,4-9,14H2,1-3H3. The van der Waals surface area contributed by atoms with Crippen LogP contribution in [-0.4, -0.2) is 54.6 Å². The van der Waals surface area contributed by atoms with Gasteiger partial charge in [-0.3, -0.25) is 4.90 Å². The Bertz CT molecular complexity index is 231. The molecule has 0 aliphatic carbocycles. The van der Waals surface area contributed by atoms with Crippen LogP contribution in [0.4, 0.5) is 0 Å². The molecule has 4 unspecified atom stereocenters. The average Bonchev–Trinajstić information content (AvgIpc) is 2.64. The number of likely N-dealkylation sites (tertiary alicyclic amines) is 2. The van der Waals surface area contributed by atoms with Crippen LogP contribution in [0.1, 0.15) is 33.1 Å². The molecule has 0 aromatic heterocycles. The molecule has 94 valence electrons. The molecule has 16 heavy (non-hydrogen) atoms. The molecular formula is C13H27N3. The number of piperidine rings is 1. The maximum absolute atomic E-state index is 5.80. The van der Waals surface area contributed by atoms with E-state index in [9.17, 15) is 0 Å². The highest BCUT2D eigenvalue weighted by Gasteiger charge is 2.35. The monoisotopic (exact) mass is 225 g/mol. The first kappa shape index (κ1) is 12.3. The second-order valence-corrected chi connectivity index (χ2v) is 5.89. The van der Waals surface area contributed by atoms with E-state index in [1.54, 1.807) is 0 Å². The normalized spacial score (nSPS) is 42.8. The third-order valence-corrected chi connectivity index (χ3v) is 4.69. The van der Waals surface area contributed by atoms with E-state index in [4.69, 9.17) is 5.73 Å². The van der Waals surface area contributed by atoms with Crippen molar-refractivity contribution in [3.8, 4) is 0 Å². The van der Waals surface area contributed by atoms with Gasteiger partial charge in [-0.1, -0.05) is 0 Å². The first-order valence-corrected chi connectivity index (χ1v) is 6.77. The first-order chi connectivity index (χ1) is 7.61. The van der Waals surface area contributed by atoms with E-state index >= 15 is 0 Å². The van der Waals surface area contributed by atoms with E-state index in [-0.39, 0.29) is 0 Å². The number of hydrogen-bond donors (Lipinski definition) is 1. The molecule has 2 aliphatic heterocycles. The van der Waals surface area contributed by atoms with E-state index in [0.29, 0.717) is 0 Å². The molecule has 3 nitrogen and oxygen atoms in total. The molecule has 0 bridgehead atoms. The summed E-state index contributed by atoms with van der Waals surface area (Å²) in [6, 6.07) is 2.29. The highest BCUT2D eigenvalue weighted by Crippen LogP contribution is 2.30. The quantitative estimate of drug-likeness (QED) is 0.765. The van der Waals surface area contributed by atoms with Gasteiger partial charge in [0.2, 0.25) is 0 Å². The second kappa shape index (κ2) is 5.03. The molecule has 2 saturated heterocycles. The third-order valence-electron chi connectivity index (χ3n) is 4.69. The minimum Gasteiger partial charge on any atom is -0.330 e. The molecular weight excluding hydrogens is 198 g/mol. The minimum atomic E-state index is 0.739. The molecule has 2 N–H and O–H groups in total. The highest BCUT2D eigenvalue weighted by atomic mass is 15.2. The molecule has 0 spiro atoms. The summed E-state index contributed by atoms with van der Waals surface area (Å²) in [5.74, 6) is 0.741. The van der Waals surface area contributed by atoms with E-state index in [1.165, 1.54) is 32.4 Å². The number of rotatable bonds is 2. The van der Waals surface area contributed by atoms with Gasteiger partial charge in [-0.2, -0.15) is 0 Å². The lowest BCUT2D eigenvalue weighted by Crippen LogP contribution is -2.48. The van der Waals surface area contributed by atoms with Crippen molar-refractivity contribution in [1.82, 2.24) is 9.80 Å². The summed E-state index contributed by atoms with van der Waals surface area (Å²) in [7, 11) is 2.25. The van der Waals surface area contributed by atoms with E-state index < -0.39 is 0 Å². The van der Waals surface area contributed by atoms with Crippen molar-refractivity contribution in [2.75, 3.05) is 26.7 Å². The van der Waals surface area contributed by atoms with Crippen LogP contribution < -0.4 is 5.73 Å². The summed E-state index contributed by atoms with van der Waals surface area (Å²) in [5, 5.41) is 0. The Morgan fingerprint density at radius 2 is 1.94 bits per heavy atom. The number of nitrogens with two attached hydrogens (primary N) is 1. The summed E-state index contributed by atoms with van der Waals surface area (Å²) >= 11 is 0. The topological polar surface area (TPSA) is 32.5 Å². The van der Waals surface area contributed by atoms with Gasteiger partial charge >= 0.3 is 0 Å². The van der Waals surface area contributed by atoms with Crippen LogP contribution in [0.15, 0.2) is 0 Å². The predicted octanol–water partition coefficient (Wildman–Crippen LogP) is 1.14. The summed E-state index contributed by atoms with van der Waals surface area (Å²) in [5.41, 5.74) is 5.80. The van der Waals surface area contributed by atoms with Crippen LogP contribution in [0.25, 0.3) is 0 Å². The van der Waals surface area contributed by atoms with E-state index in [2.05, 4.69) is 30.7 Å². The second-order valence-electron chi connectivity index (χ2n) is 5.89. The fraction of sp³-hybridized carbons (Fsp3) is 1.00. The van der Waals surface area contributed by atoms with Gasteiger partial charge in [0.05, 0.1) is 0 Å². The summed E-state index contributed by atoms with van der Waals surface area (Å²) in [6.45, 7) is 8.08. The SMILES string of the molecule is CC1CC(N2CC(CN)CC2C)CCN1C. The lowest BCUT2D eigenvalue weighted by Gasteiger charge is -2.41. The molecule has 3 heteroatoms. The summed E-state index contributed by atoms with van der Waals surface area (Å²) in [4.78, 5) is 5.21. The van der Waals surface area contributed by atoms with Crippen molar-refractivity contribution >= 4 is 0 Å². The zero-order chi connectivity index (χ0) is 11.7. The Morgan fingerprint density at radius 3 is 2.50 bits per heavy atom. The van der Waals surface area contributed by atoms with Crippen LogP contribution in [0.3, 0.4) is 0 Å². The van der Waals surface area contributed by atoms with Gasteiger partial charge in [0.1, 0.15) is 0 Å². The molecule has 0 saturated carbocycles. The van der Waals surface area contributed by atoms with Gasteiger partial charge in [0.15, 0.2) is 0 Å². The average molecular weight is 225 g/mol. The fourth-order valence-corrected chi connectivity index (χ4v) is 3.42. The number of hydrogen-bond acceptors (Lipinski definition) is 3. The smallest absolute Gasteiger partial charge is 0.0125 e.